The van der Waals surface area contributed by atoms with Gasteiger partial charge in [-0.3, -0.25) is 0 Å². The van der Waals surface area contributed by atoms with Crippen molar-refractivity contribution in [2.24, 2.45) is 0 Å². The summed E-state index contributed by atoms with van der Waals surface area (Å²) in [5, 5.41) is 3.36. The summed E-state index contributed by atoms with van der Waals surface area (Å²) in [6.45, 7) is 0.759. The Balaban J connectivity index is 2.01. The van der Waals surface area contributed by atoms with E-state index in [1.165, 1.54) is 5.56 Å². The first-order chi connectivity index (χ1) is 9.22. The average Bonchev–Trinajstić information content (AvgIpc) is 2.47. The number of methoxy groups -OCH3 is 2. The molecule has 2 rings (SSSR count). The number of ether oxygens (including phenoxy) is 2. The average molecular weight is 322 g/mol. The fraction of sp³-hybridized carbons (Fsp3) is 0.200. The molecule has 0 saturated heterocycles. The summed E-state index contributed by atoms with van der Waals surface area (Å²) in [6, 6.07) is 13.9. The Morgan fingerprint density at radius 2 is 1.74 bits per heavy atom. The maximum absolute atomic E-state index is 5.26. The first-order valence-corrected chi connectivity index (χ1v) is 6.72. The Morgan fingerprint density at radius 3 is 2.37 bits per heavy atom. The van der Waals surface area contributed by atoms with Gasteiger partial charge in [0.15, 0.2) is 0 Å². The molecule has 19 heavy (non-hydrogen) atoms. The monoisotopic (exact) mass is 321 g/mol. The predicted molar refractivity (Wildman–Crippen MR) is 81.0 cm³/mol. The van der Waals surface area contributed by atoms with Crippen LogP contribution >= 0.6 is 15.9 Å². The van der Waals surface area contributed by atoms with Crippen LogP contribution < -0.4 is 14.8 Å². The molecule has 0 radical (unpaired) electrons. The summed E-state index contributed by atoms with van der Waals surface area (Å²) in [5.41, 5.74) is 2.22. The van der Waals surface area contributed by atoms with Crippen LogP contribution in [-0.2, 0) is 6.54 Å². The summed E-state index contributed by atoms with van der Waals surface area (Å²) in [7, 11) is 3.33. The predicted octanol–water partition coefficient (Wildman–Crippen LogP) is 4.08. The molecule has 0 unspecified atom stereocenters. The van der Waals surface area contributed by atoms with Gasteiger partial charge in [0.25, 0.3) is 0 Å². The van der Waals surface area contributed by atoms with Crippen LogP contribution in [0.4, 0.5) is 5.69 Å². The van der Waals surface area contributed by atoms with E-state index in [1.54, 1.807) is 14.2 Å². The summed E-state index contributed by atoms with van der Waals surface area (Å²) in [5.74, 6) is 1.69. The lowest BCUT2D eigenvalue weighted by Gasteiger charge is -2.10. The van der Waals surface area contributed by atoms with Crippen molar-refractivity contribution in [2.75, 3.05) is 19.5 Å². The highest BCUT2D eigenvalue weighted by molar-refractivity contribution is 9.10. The second kappa shape index (κ2) is 6.48. The first-order valence-electron chi connectivity index (χ1n) is 5.93. The molecule has 0 aliphatic carbocycles. The minimum absolute atomic E-state index is 0.759. The third kappa shape index (κ3) is 3.64. The number of rotatable bonds is 5. The quantitative estimate of drug-likeness (QED) is 0.900. The zero-order valence-corrected chi connectivity index (χ0v) is 12.5. The molecule has 2 aromatic carbocycles. The molecule has 4 heteroatoms. The van der Waals surface area contributed by atoms with Gasteiger partial charge in [-0.25, -0.2) is 0 Å². The molecule has 0 fully saturated rings. The van der Waals surface area contributed by atoms with Crippen molar-refractivity contribution in [3.05, 3.63) is 52.5 Å². The zero-order valence-electron chi connectivity index (χ0n) is 10.9. The fourth-order valence-electron chi connectivity index (χ4n) is 1.72. The van der Waals surface area contributed by atoms with Gasteiger partial charge in [-0.1, -0.05) is 12.1 Å². The SMILES string of the molecule is COc1ccc(CNc2ccc(Br)c(OC)c2)cc1. The summed E-state index contributed by atoms with van der Waals surface area (Å²) < 4.78 is 11.3. The Bertz CT molecular complexity index is 540. The number of hydrogen-bond acceptors (Lipinski definition) is 3. The van der Waals surface area contributed by atoms with Gasteiger partial charge in [-0.15, -0.1) is 0 Å². The van der Waals surface area contributed by atoms with Crippen LogP contribution in [0.25, 0.3) is 0 Å². The van der Waals surface area contributed by atoms with Crippen LogP contribution in [0, 0.1) is 0 Å². The van der Waals surface area contributed by atoms with Crippen molar-refractivity contribution in [1.29, 1.82) is 0 Å². The van der Waals surface area contributed by atoms with Crippen LogP contribution in [0.3, 0.4) is 0 Å². The second-order valence-electron chi connectivity index (χ2n) is 4.05. The van der Waals surface area contributed by atoms with Gasteiger partial charge in [0.1, 0.15) is 11.5 Å². The minimum atomic E-state index is 0.759. The molecule has 0 amide bonds. The standard InChI is InChI=1S/C15H16BrNO2/c1-18-13-6-3-11(4-7-13)10-17-12-5-8-14(16)15(9-12)19-2/h3-9,17H,10H2,1-2H3. The topological polar surface area (TPSA) is 30.5 Å². The highest BCUT2D eigenvalue weighted by atomic mass is 79.9. The molecule has 0 atom stereocenters. The van der Waals surface area contributed by atoms with E-state index in [9.17, 15) is 0 Å². The van der Waals surface area contributed by atoms with Crippen LogP contribution in [0.1, 0.15) is 5.56 Å². The van der Waals surface area contributed by atoms with Gasteiger partial charge < -0.3 is 14.8 Å². The molecule has 0 aliphatic rings. The summed E-state index contributed by atoms with van der Waals surface area (Å²) in [4.78, 5) is 0. The molecule has 1 N–H and O–H groups in total. The van der Waals surface area contributed by atoms with E-state index in [-0.39, 0.29) is 0 Å². The summed E-state index contributed by atoms with van der Waals surface area (Å²) in [6.07, 6.45) is 0. The van der Waals surface area contributed by atoms with Crippen molar-refractivity contribution >= 4 is 21.6 Å². The van der Waals surface area contributed by atoms with E-state index in [4.69, 9.17) is 9.47 Å². The number of anilines is 1. The van der Waals surface area contributed by atoms with Crippen molar-refractivity contribution in [2.45, 2.75) is 6.54 Å². The largest absolute Gasteiger partial charge is 0.497 e. The van der Waals surface area contributed by atoms with E-state index < -0.39 is 0 Å². The molecule has 100 valence electrons. The zero-order chi connectivity index (χ0) is 13.7. The molecular weight excluding hydrogens is 306 g/mol. The molecular formula is C15H16BrNO2. The van der Waals surface area contributed by atoms with Crippen LogP contribution in [0.5, 0.6) is 11.5 Å². The van der Waals surface area contributed by atoms with Gasteiger partial charge >= 0.3 is 0 Å². The van der Waals surface area contributed by atoms with Crippen LogP contribution in [0.2, 0.25) is 0 Å². The number of nitrogens with one attached hydrogen (secondary N) is 1. The van der Waals surface area contributed by atoms with E-state index in [2.05, 4.69) is 21.2 Å². The highest BCUT2D eigenvalue weighted by Crippen LogP contribution is 2.28. The van der Waals surface area contributed by atoms with Gasteiger partial charge in [-0.05, 0) is 45.8 Å². The Hall–Kier alpha value is -1.68. The molecule has 2 aromatic rings. The van der Waals surface area contributed by atoms with Crippen LogP contribution in [0.15, 0.2) is 46.9 Å². The molecule has 0 heterocycles. The lowest BCUT2D eigenvalue weighted by Crippen LogP contribution is -1.99. The fourth-order valence-corrected chi connectivity index (χ4v) is 2.13. The maximum atomic E-state index is 5.26. The van der Waals surface area contributed by atoms with Gasteiger partial charge in [0, 0.05) is 18.3 Å². The molecule has 0 bridgehead atoms. The van der Waals surface area contributed by atoms with Crippen LogP contribution in [-0.4, -0.2) is 14.2 Å². The maximum Gasteiger partial charge on any atom is 0.135 e. The molecule has 0 spiro atoms. The van der Waals surface area contributed by atoms with E-state index >= 15 is 0 Å². The van der Waals surface area contributed by atoms with Gasteiger partial charge in [-0.2, -0.15) is 0 Å². The molecule has 3 nitrogen and oxygen atoms in total. The minimum Gasteiger partial charge on any atom is -0.497 e. The van der Waals surface area contributed by atoms with Crippen molar-refractivity contribution < 1.29 is 9.47 Å². The number of benzene rings is 2. The van der Waals surface area contributed by atoms with Crippen molar-refractivity contribution in [3.63, 3.8) is 0 Å². The Labute approximate surface area is 121 Å². The summed E-state index contributed by atoms with van der Waals surface area (Å²) >= 11 is 3.44. The number of hydrogen-bond donors (Lipinski definition) is 1. The number of halogens is 1. The van der Waals surface area contributed by atoms with E-state index in [0.29, 0.717) is 0 Å². The molecule has 0 aliphatic heterocycles. The Morgan fingerprint density at radius 1 is 1.00 bits per heavy atom. The normalized spacial score (nSPS) is 10.1. The van der Waals surface area contributed by atoms with Crippen molar-refractivity contribution in [3.8, 4) is 11.5 Å². The van der Waals surface area contributed by atoms with Crippen molar-refractivity contribution in [1.82, 2.24) is 0 Å². The lowest BCUT2D eigenvalue weighted by atomic mass is 10.2. The van der Waals surface area contributed by atoms with E-state index in [0.717, 1.165) is 28.2 Å². The highest BCUT2D eigenvalue weighted by Gasteiger charge is 2.01. The third-order valence-corrected chi connectivity index (χ3v) is 3.46. The first kappa shape index (κ1) is 13.7. The Kier molecular flexibility index (Phi) is 4.68. The second-order valence-corrected chi connectivity index (χ2v) is 4.91. The smallest absolute Gasteiger partial charge is 0.135 e. The lowest BCUT2D eigenvalue weighted by molar-refractivity contribution is 0.412. The molecule has 0 aromatic heterocycles. The molecule has 0 saturated carbocycles. The van der Waals surface area contributed by atoms with E-state index in [1.807, 2.05) is 42.5 Å². The van der Waals surface area contributed by atoms with Gasteiger partial charge in [0.05, 0.1) is 18.7 Å². The third-order valence-electron chi connectivity index (χ3n) is 2.81. The van der Waals surface area contributed by atoms with Gasteiger partial charge in [0.2, 0.25) is 0 Å².